The number of pyridine rings is 1. The van der Waals surface area contributed by atoms with Gasteiger partial charge in [0.25, 0.3) is 0 Å². The lowest BCUT2D eigenvalue weighted by atomic mass is 10.1. The Labute approximate surface area is 177 Å². The lowest BCUT2D eigenvalue weighted by molar-refractivity contribution is 0.0696. The predicted molar refractivity (Wildman–Crippen MR) is 113 cm³/mol. The van der Waals surface area contributed by atoms with Crippen LogP contribution in [0.15, 0.2) is 42.9 Å². The molecule has 1 aromatic carbocycles. The van der Waals surface area contributed by atoms with Crippen molar-refractivity contribution in [1.29, 1.82) is 0 Å². The summed E-state index contributed by atoms with van der Waals surface area (Å²) in [7, 11) is 0. The number of hydrogen-bond donors (Lipinski definition) is 2. The van der Waals surface area contributed by atoms with Gasteiger partial charge >= 0.3 is 5.97 Å². The maximum Gasteiger partial charge on any atom is 0.337 e. The molecule has 3 heterocycles. The number of rotatable bonds is 5. The summed E-state index contributed by atoms with van der Waals surface area (Å²) in [5, 5.41) is 12.4. The Hall–Kier alpha value is -3.26. The maximum absolute atomic E-state index is 13.4. The third kappa shape index (κ3) is 4.04. The van der Waals surface area contributed by atoms with E-state index in [0.717, 1.165) is 19.4 Å². The molecule has 1 aliphatic rings. The molecule has 0 spiro atoms. The highest BCUT2D eigenvalue weighted by Crippen LogP contribution is 2.34. The fourth-order valence-electron chi connectivity index (χ4n) is 3.51. The summed E-state index contributed by atoms with van der Waals surface area (Å²) < 4.78 is 13.4. The Bertz CT molecular complexity index is 1110. The summed E-state index contributed by atoms with van der Waals surface area (Å²) >= 11 is 5.86. The van der Waals surface area contributed by atoms with E-state index in [1.165, 1.54) is 18.3 Å². The SMILES string of the molecule is CC1CCCN1c1nc(Nc2ccc(F)c(Cl)c2)ncc1-c1cncc(C(=O)O)c1. The van der Waals surface area contributed by atoms with E-state index in [0.29, 0.717) is 28.6 Å². The third-order valence-corrected chi connectivity index (χ3v) is 5.36. The Morgan fingerprint density at radius 3 is 2.83 bits per heavy atom. The van der Waals surface area contributed by atoms with Gasteiger partial charge in [-0.25, -0.2) is 14.2 Å². The molecule has 2 N–H and O–H groups in total. The van der Waals surface area contributed by atoms with Crippen LogP contribution in [0.5, 0.6) is 0 Å². The molecule has 4 rings (SSSR count). The second-order valence-electron chi connectivity index (χ2n) is 7.14. The van der Waals surface area contributed by atoms with Crippen LogP contribution in [0.25, 0.3) is 11.1 Å². The highest BCUT2D eigenvalue weighted by Gasteiger charge is 2.25. The molecule has 2 aromatic heterocycles. The Morgan fingerprint density at radius 2 is 2.13 bits per heavy atom. The molecule has 0 aliphatic carbocycles. The van der Waals surface area contributed by atoms with E-state index in [-0.39, 0.29) is 16.6 Å². The van der Waals surface area contributed by atoms with E-state index in [4.69, 9.17) is 16.6 Å². The molecule has 0 amide bonds. The van der Waals surface area contributed by atoms with Crippen LogP contribution in [0, 0.1) is 5.82 Å². The molecule has 0 radical (unpaired) electrons. The molecular weight excluding hydrogens is 409 g/mol. The number of benzene rings is 1. The van der Waals surface area contributed by atoms with Crippen molar-refractivity contribution in [1.82, 2.24) is 15.0 Å². The van der Waals surface area contributed by atoms with E-state index in [2.05, 4.69) is 27.1 Å². The minimum Gasteiger partial charge on any atom is -0.478 e. The van der Waals surface area contributed by atoms with Crippen molar-refractivity contribution in [2.75, 3.05) is 16.8 Å². The Balaban J connectivity index is 1.76. The van der Waals surface area contributed by atoms with Crippen molar-refractivity contribution < 1.29 is 14.3 Å². The van der Waals surface area contributed by atoms with Gasteiger partial charge in [-0.15, -0.1) is 0 Å². The van der Waals surface area contributed by atoms with Crippen molar-refractivity contribution in [3.05, 3.63) is 59.3 Å². The molecule has 0 saturated carbocycles. The first kappa shape index (κ1) is 20.0. The standard InChI is InChI=1S/C21H19ClFN5O2/c1-12-3-2-6-28(12)19-16(13-7-14(20(29)30)10-24-9-13)11-25-21(27-19)26-15-4-5-18(23)17(22)8-15/h4-5,7-12H,2-3,6H2,1H3,(H,29,30)(H,25,26,27). The quantitative estimate of drug-likeness (QED) is 0.606. The second-order valence-corrected chi connectivity index (χ2v) is 7.54. The number of carbonyl (C=O) groups is 1. The van der Waals surface area contributed by atoms with Crippen LogP contribution in [0.3, 0.4) is 0 Å². The topological polar surface area (TPSA) is 91.2 Å². The number of nitrogens with zero attached hydrogens (tertiary/aromatic N) is 4. The van der Waals surface area contributed by atoms with Crippen molar-refractivity contribution in [2.45, 2.75) is 25.8 Å². The van der Waals surface area contributed by atoms with Crippen molar-refractivity contribution in [3.8, 4) is 11.1 Å². The molecule has 1 atom stereocenters. The van der Waals surface area contributed by atoms with Gasteiger partial charge in [-0.2, -0.15) is 4.98 Å². The second kappa shape index (κ2) is 8.23. The molecule has 1 fully saturated rings. The van der Waals surface area contributed by atoms with Gasteiger partial charge in [0.2, 0.25) is 5.95 Å². The summed E-state index contributed by atoms with van der Waals surface area (Å²) in [6.45, 7) is 2.96. The lowest BCUT2D eigenvalue weighted by Crippen LogP contribution is -2.28. The van der Waals surface area contributed by atoms with E-state index in [1.807, 2.05) is 0 Å². The molecular formula is C21H19ClFN5O2. The Kier molecular flexibility index (Phi) is 5.50. The molecule has 3 aromatic rings. The van der Waals surface area contributed by atoms with Gasteiger partial charge in [0.1, 0.15) is 11.6 Å². The summed E-state index contributed by atoms with van der Waals surface area (Å²) in [5.74, 6) is -0.531. The largest absolute Gasteiger partial charge is 0.478 e. The van der Waals surface area contributed by atoms with Crippen LogP contribution in [-0.2, 0) is 0 Å². The molecule has 154 valence electrons. The molecule has 1 saturated heterocycles. The van der Waals surface area contributed by atoms with Gasteiger partial charge in [0.05, 0.1) is 10.6 Å². The number of anilines is 3. The number of aromatic carboxylic acids is 1. The lowest BCUT2D eigenvalue weighted by Gasteiger charge is -2.25. The molecule has 30 heavy (non-hydrogen) atoms. The third-order valence-electron chi connectivity index (χ3n) is 5.07. The molecule has 1 aliphatic heterocycles. The van der Waals surface area contributed by atoms with Gasteiger partial charge in [-0.3, -0.25) is 4.98 Å². The average molecular weight is 428 g/mol. The number of nitrogens with one attached hydrogen (secondary N) is 1. The minimum atomic E-state index is -1.05. The van der Waals surface area contributed by atoms with Gasteiger partial charge in [0.15, 0.2) is 0 Å². The molecule has 9 heteroatoms. The smallest absolute Gasteiger partial charge is 0.337 e. The van der Waals surface area contributed by atoms with Crippen LogP contribution >= 0.6 is 11.6 Å². The zero-order valence-corrected chi connectivity index (χ0v) is 16.9. The molecule has 1 unspecified atom stereocenters. The average Bonchev–Trinajstić information content (AvgIpc) is 3.16. The molecule has 7 nitrogen and oxygen atoms in total. The van der Waals surface area contributed by atoms with Crippen molar-refractivity contribution in [2.24, 2.45) is 0 Å². The van der Waals surface area contributed by atoms with Crippen LogP contribution in [-0.4, -0.2) is 38.6 Å². The van der Waals surface area contributed by atoms with Crippen molar-refractivity contribution >= 4 is 35.0 Å². The summed E-state index contributed by atoms with van der Waals surface area (Å²) in [6, 6.07) is 6.13. The summed E-state index contributed by atoms with van der Waals surface area (Å²) in [4.78, 5) is 26.7. The van der Waals surface area contributed by atoms with Crippen molar-refractivity contribution in [3.63, 3.8) is 0 Å². The van der Waals surface area contributed by atoms with E-state index in [1.54, 1.807) is 24.5 Å². The number of carboxylic acids is 1. The number of aromatic nitrogens is 3. The first-order valence-electron chi connectivity index (χ1n) is 9.47. The van der Waals surface area contributed by atoms with Crippen LogP contribution < -0.4 is 10.2 Å². The van der Waals surface area contributed by atoms with Gasteiger partial charge in [-0.1, -0.05) is 11.6 Å². The van der Waals surface area contributed by atoms with Gasteiger partial charge in [-0.05, 0) is 44.0 Å². The van der Waals surface area contributed by atoms with Gasteiger partial charge in [0, 0.05) is 48.0 Å². The van der Waals surface area contributed by atoms with Gasteiger partial charge < -0.3 is 15.3 Å². The zero-order chi connectivity index (χ0) is 21.3. The number of halogens is 2. The summed E-state index contributed by atoms with van der Waals surface area (Å²) in [6.07, 6.45) is 6.62. The number of hydrogen-bond acceptors (Lipinski definition) is 6. The first-order valence-corrected chi connectivity index (χ1v) is 9.84. The van der Waals surface area contributed by atoms with Crippen LogP contribution in [0.1, 0.15) is 30.1 Å². The predicted octanol–water partition coefficient (Wildman–Crippen LogP) is 4.76. The summed E-state index contributed by atoms with van der Waals surface area (Å²) in [5.41, 5.74) is 1.97. The highest BCUT2D eigenvalue weighted by atomic mass is 35.5. The maximum atomic E-state index is 13.4. The normalized spacial score (nSPS) is 16.0. The fourth-order valence-corrected chi connectivity index (χ4v) is 3.69. The fraction of sp³-hybridized carbons (Fsp3) is 0.238. The van der Waals surface area contributed by atoms with E-state index in [9.17, 15) is 14.3 Å². The zero-order valence-electron chi connectivity index (χ0n) is 16.1. The highest BCUT2D eigenvalue weighted by molar-refractivity contribution is 6.31. The monoisotopic (exact) mass is 427 g/mol. The van der Waals surface area contributed by atoms with E-state index < -0.39 is 11.8 Å². The molecule has 0 bridgehead atoms. The number of carboxylic acid groups (broad SMARTS) is 1. The minimum absolute atomic E-state index is 0.00145. The first-order chi connectivity index (χ1) is 14.4. The Morgan fingerprint density at radius 1 is 1.30 bits per heavy atom. The van der Waals surface area contributed by atoms with E-state index >= 15 is 0 Å². The van der Waals surface area contributed by atoms with Crippen LogP contribution in [0.2, 0.25) is 5.02 Å². The van der Waals surface area contributed by atoms with Crippen LogP contribution in [0.4, 0.5) is 21.8 Å².